The molecule has 0 aliphatic carbocycles. The van der Waals surface area contributed by atoms with Crippen molar-refractivity contribution in [3.05, 3.63) is 30.0 Å². The van der Waals surface area contributed by atoms with Gasteiger partial charge in [0.25, 0.3) is 0 Å². The number of hydrogen-bond donors (Lipinski definition) is 2. The molecule has 0 radical (unpaired) electrons. The van der Waals surface area contributed by atoms with Crippen LogP contribution < -0.4 is 0 Å². The number of benzene rings is 1. The second kappa shape index (κ2) is 5.58. The fraction of sp³-hybridized carbons (Fsp3) is 0.357. The molecule has 0 bridgehead atoms. The first-order chi connectivity index (χ1) is 8.70. The molecule has 2 aromatic rings. The van der Waals surface area contributed by atoms with Crippen molar-refractivity contribution in [2.24, 2.45) is 0 Å². The number of rotatable bonds is 5. The highest BCUT2D eigenvalue weighted by Crippen LogP contribution is 2.25. The number of carbonyl (C=O) groups is 1. The van der Waals surface area contributed by atoms with Crippen LogP contribution >= 0.6 is 0 Å². The molecule has 0 fully saturated rings. The summed E-state index contributed by atoms with van der Waals surface area (Å²) < 4.78 is 4.87. The maximum atomic E-state index is 11.2. The monoisotopic (exact) mass is 247 g/mol. The minimum Gasteiger partial charge on any atom is -0.506 e. The van der Waals surface area contributed by atoms with Crippen molar-refractivity contribution in [2.45, 2.75) is 26.2 Å². The molecule has 2 rings (SSSR count). The van der Waals surface area contributed by atoms with E-state index in [4.69, 9.17) is 4.74 Å². The molecule has 0 aliphatic heterocycles. The number of aromatic hydroxyl groups is 1. The van der Waals surface area contributed by atoms with Crippen LogP contribution in [0.3, 0.4) is 0 Å². The molecule has 1 aromatic carbocycles. The van der Waals surface area contributed by atoms with Crippen molar-refractivity contribution >= 4 is 16.9 Å². The SMILES string of the molecule is CCOC(=O)CCCc1ccc2[nH]cc(O)c2c1. The van der Waals surface area contributed by atoms with Crippen molar-refractivity contribution in [2.75, 3.05) is 6.61 Å². The summed E-state index contributed by atoms with van der Waals surface area (Å²) in [6.45, 7) is 2.24. The first kappa shape index (κ1) is 12.5. The van der Waals surface area contributed by atoms with Gasteiger partial charge in [0.15, 0.2) is 0 Å². The van der Waals surface area contributed by atoms with E-state index in [1.165, 1.54) is 0 Å². The summed E-state index contributed by atoms with van der Waals surface area (Å²) in [6, 6.07) is 5.89. The smallest absolute Gasteiger partial charge is 0.305 e. The van der Waals surface area contributed by atoms with Gasteiger partial charge in [-0.05, 0) is 37.5 Å². The summed E-state index contributed by atoms with van der Waals surface area (Å²) >= 11 is 0. The van der Waals surface area contributed by atoms with Crippen LogP contribution in [0.1, 0.15) is 25.3 Å². The Hall–Kier alpha value is -1.97. The van der Waals surface area contributed by atoms with E-state index in [2.05, 4.69) is 4.98 Å². The molecular formula is C14H17NO3. The third kappa shape index (κ3) is 2.83. The zero-order valence-corrected chi connectivity index (χ0v) is 10.4. The van der Waals surface area contributed by atoms with Gasteiger partial charge in [-0.3, -0.25) is 4.79 Å². The number of carbonyl (C=O) groups excluding carboxylic acids is 1. The van der Waals surface area contributed by atoms with Crippen molar-refractivity contribution in [3.8, 4) is 5.75 Å². The fourth-order valence-electron chi connectivity index (χ4n) is 1.98. The van der Waals surface area contributed by atoms with Gasteiger partial charge in [0.05, 0.1) is 6.61 Å². The van der Waals surface area contributed by atoms with Gasteiger partial charge < -0.3 is 14.8 Å². The molecule has 0 spiro atoms. The summed E-state index contributed by atoms with van der Waals surface area (Å²) in [5.41, 5.74) is 2.03. The molecule has 2 N–H and O–H groups in total. The lowest BCUT2D eigenvalue weighted by Crippen LogP contribution is -2.03. The van der Waals surface area contributed by atoms with Gasteiger partial charge in [0.1, 0.15) is 5.75 Å². The summed E-state index contributed by atoms with van der Waals surface area (Å²) in [5, 5.41) is 10.4. The molecule has 0 atom stereocenters. The van der Waals surface area contributed by atoms with Crippen LogP contribution in [0.2, 0.25) is 0 Å². The number of nitrogens with one attached hydrogen (secondary N) is 1. The van der Waals surface area contributed by atoms with Crippen LogP contribution in [0.15, 0.2) is 24.4 Å². The topological polar surface area (TPSA) is 62.3 Å². The maximum absolute atomic E-state index is 11.2. The normalized spacial score (nSPS) is 10.7. The zero-order valence-electron chi connectivity index (χ0n) is 10.4. The zero-order chi connectivity index (χ0) is 13.0. The van der Waals surface area contributed by atoms with E-state index < -0.39 is 0 Å². The molecule has 1 aromatic heterocycles. The number of aromatic nitrogens is 1. The van der Waals surface area contributed by atoms with Crippen LogP contribution in [-0.2, 0) is 16.0 Å². The first-order valence-electron chi connectivity index (χ1n) is 6.15. The average molecular weight is 247 g/mol. The molecule has 0 unspecified atom stereocenters. The lowest BCUT2D eigenvalue weighted by Gasteiger charge is -2.03. The standard InChI is InChI=1S/C14H17NO3/c1-2-18-14(17)5-3-4-10-6-7-12-11(8-10)13(16)9-15-12/h6-9,15-16H,2-5H2,1H3. The molecule has 0 amide bonds. The molecular weight excluding hydrogens is 230 g/mol. The molecule has 96 valence electrons. The van der Waals surface area contributed by atoms with Gasteiger partial charge in [-0.2, -0.15) is 0 Å². The van der Waals surface area contributed by atoms with Crippen LogP contribution in [0.25, 0.3) is 10.9 Å². The number of hydrogen-bond acceptors (Lipinski definition) is 3. The van der Waals surface area contributed by atoms with Crippen LogP contribution in [0, 0.1) is 0 Å². The van der Waals surface area contributed by atoms with Crippen molar-refractivity contribution in [1.82, 2.24) is 4.98 Å². The minimum atomic E-state index is -0.150. The van der Waals surface area contributed by atoms with E-state index in [0.29, 0.717) is 13.0 Å². The number of fused-ring (bicyclic) bond motifs is 1. The largest absolute Gasteiger partial charge is 0.506 e. The van der Waals surface area contributed by atoms with Crippen LogP contribution in [0.5, 0.6) is 5.75 Å². The van der Waals surface area contributed by atoms with Crippen molar-refractivity contribution in [1.29, 1.82) is 0 Å². The Morgan fingerprint density at radius 2 is 2.28 bits per heavy atom. The molecule has 1 heterocycles. The Bertz CT molecular complexity index is 545. The highest BCUT2D eigenvalue weighted by atomic mass is 16.5. The van der Waals surface area contributed by atoms with Gasteiger partial charge in [-0.15, -0.1) is 0 Å². The highest BCUT2D eigenvalue weighted by molar-refractivity contribution is 5.86. The Morgan fingerprint density at radius 3 is 3.06 bits per heavy atom. The average Bonchev–Trinajstić information content (AvgIpc) is 2.71. The van der Waals surface area contributed by atoms with E-state index in [0.717, 1.165) is 29.3 Å². The lowest BCUT2D eigenvalue weighted by molar-refractivity contribution is -0.143. The van der Waals surface area contributed by atoms with Crippen molar-refractivity contribution in [3.63, 3.8) is 0 Å². The Morgan fingerprint density at radius 1 is 1.44 bits per heavy atom. The number of H-pyrrole nitrogens is 1. The Balaban J connectivity index is 1.95. The van der Waals surface area contributed by atoms with Crippen LogP contribution in [-0.4, -0.2) is 22.7 Å². The second-order valence-electron chi connectivity index (χ2n) is 4.21. The molecule has 18 heavy (non-hydrogen) atoms. The molecule has 4 heteroatoms. The van der Waals surface area contributed by atoms with Gasteiger partial charge in [0, 0.05) is 23.5 Å². The highest BCUT2D eigenvalue weighted by Gasteiger charge is 2.05. The van der Waals surface area contributed by atoms with Gasteiger partial charge in [-0.1, -0.05) is 6.07 Å². The number of aryl methyl sites for hydroxylation is 1. The van der Waals surface area contributed by atoms with Crippen LogP contribution in [0.4, 0.5) is 0 Å². The molecule has 0 aliphatic rings. The van der Waals surface area contributed by atoms with Gasteiger partial charge in [-0.25, -0.2) is 0 Å². The summed E-state index contributed by atoms with van der Waals surface area (Å²) in [6.07, 6.45) is 3.58. The summed E-state index contributed by atoms with van der Waals surface area (Å²) in [7, 11) is 0. The predicted octanol–water partition coefficient (Wildman–Crippen LogP) is 2.76. The number of esters is 1. The van der Waals surface area contributed by atoms with E-state index in [1.54, 1.807) is 13.1 Å². The third-order valence-electron chi connectivity index (χ3n) is 2.88. The van der Waals surface area contributed by atoms with Gasteiger partial charge >= 0.3 is 5.97 Å². The fourth-order valence-corrected chi connectivity index (χ4v) is 1.98. The number of ether oxygens (including phenoxy) is 1. The molecule has 4 nitrogen and oxygen atoms in total. The molecule has 0 saturated heterocycles. The first-order valence-corrected chi connectivity index (χ1v) is 6.15. The third-order valence-corrected chi connectivity index (χ3v) is 2.88. The Kier molecular flexibility index (Phi) is 3.87. The van der Waals surface area contributed by atoms with E-state index in [1.807, 2.05) is 18.2 Å². The van der Waals surface area contributed by atoms with E-state index in [-0.39, 0.29) is 11.7 Å². The maximum Gasteiger partial charge on any atom is 0.305 e. The number of aromatic amines is 1. The van der Waals surface area contributed by atoms with Gasteiger partial charge in [0.2, 0.25) is 0 Å². The molecule has 0 saturated carbocycles. The minimum absolute atomic E-state index is 0.150. The van der Waals surface area contributed by atoms with Crippen molar-refractivity contribution < 1.29 is 14.6 Å². The lowest BCUT2D eigenvalue weighted by atomic mass is 10.1. The van der Waals surface area contributed by atoms with E-state index in [9.17, 15) is 9.90 Å². The second-order valence-corrected chi connectivity index (χ2v) is 4.21. The quantitative estimate of drug-likeness (QED) is 0.798. The Labute approximate surface area is 106 Å². The summed E-state index contributed by atoms with van der Waals surface area (Å²) in [5.74, 6) is 0.111. The summed E-state index contributed by atoms with van der Waals surface area (Å²) in [4.78, 5) is 14.2. The van der Waals surface area contributed by atoms with E-state index >= 15 is 0 Å². The predicted molar refractivity (Wildman–Crippen MR) is 69.5 cm³/mol.